The second-order valence-electron chi connectivity index (χ2n) is 6.73. The molecule has 1 aromatic heterocycles. The number of methoxy groups -OCH3 is 2. The lowest BCUT2D eigenvalue weighted by Gasteiger charge is -2.19. The number of hydrogen-bond donors (Lipinski definition) is 1. The summed E-state index contributed by atoms with van der Waals surface area (Å²) in [6.45, 7) is 1.68. The van der Waals surface area contributed by atoms with E-state index < -0.39 is 0 Å². The summed E-state index contributed by atoms with van der Waals surface area (Å²) >= 11 is 0. The summed E-state index contributed by atoms with van der Waals surface area (Å²) in [5.74, 6) is 1.06. The van der Waals surface area contributed by atoms with Gasteiger partial charge >= 0.3 is 5.69 Å². The van der Waals surface area contributed by atoms with Gasteiger partial charge in [0.05, 0.1) is 32.5 Å². The minimum absolute atomic E-state index is 0.0794. The highest BCUT2D eigenvalue weighted by molar-refractivity contribution is 5.79. The van der Waals surface area contributed by atoms with Gasteiger partial charge in [0.2, 0.25) is 5.91 Å². The fourth-order valence-corrected chi connectivity index (χ4v) is 3.45. The Kier molecular flexibility index (Phi) is 6.57. The van der Waals surface area contributed by atoms with E-state index in [1.54, 1.807) is 54.3 Å². The molecule has 1 N–H and O–H groups in total. The Hall–Kier alpha value is -3.25. The molecule has 154 valence electrons. The van der Waals surface area contributed by atoms with E-state index in [2.05, 4.69) is 11.4 Å². The summed E-state index contributed by atoms with van der Waals surface area (Å²) in [6.07, 6.45) is 5.00. The molecule has 1 saturated heterocycles. The van der Waals surface area contributed by atoms with Crippen LogP contribution in [0.15, 0.2) is 35.4 Å². The lowest BCUT2D eigenvalue weighted by molar-refractivity contribution is -0.130. The molecule has 0 saturated carbocycles. The fourth-order valence-electron chi connectivity index (χ4n) is 3.45. The normalized spacial score (nSPS) is 15.9. The Morgan fingerprint density at radius 3 is 2.79 bits per heavy atom. The number of nitrogens with one attached hydrogen (secondary N) is 1. The monoisotopic (exact) mass is 399 g/mol. The SMILES string of the molecule is COc1ccc(-n2ccn(CCNCC(=O)N3CCCC3C#N)c2=O)cc1OC. The third kappa shape index (κ3) is 4.43. The van der Waals surface area contributed by atoms with Crippen molar-refractivity contribution in [2.24, 2.45) is 0 Å². The van der Waals surface area contributed by atoms with Crippen LogP contribution in [-0.4, -0.2) is 59.8 Å². The van der Waals surface area contributed by atoms with Gasteiger partial charge in [-0.25, -0.2) is 4.79 Å². The lowest BCUT2D eigenvalue weighted by atomic mass is 10.2. The summed E-state index contributed by atoms with van der Waals surface area (Å²) in [7, 11) is 3.10. The number of likely N-dealkylation sites (tertiary alicyclic amines) is 1. The largest absolute Gasteiger partial charge is 0.493 e. The van der Waals surface area contributed by atoms with Crippen LogP contribution in [0.2, 0.25) is 0 Å². The molecule has 2 heterocycles. The first kappa shape index (κ1) is 20.5. The van der Waals surface area contributed by atoms with Crippen molar-refractivity contribution in [3.63, 3.8) is 0 Å². The first-order valence-corrected chi connectivity index (χ1v) is 9.49. The Morgan fingerprint density at radius 2 is 2.07 bits per heavy atom. The summed E-state index contributed by atoms with van der Waals surface area (Å²) in [6, 6.07) is 7.12. The van der Waals surface area contributed by atoms with Gasteiger partial charge in [0.25, 0.3) is 0 Å². The second-order valence-corrected chi connectivity index (χ2v) is 6.73. The Morgan fingerprint density at radius 1 is 1.28 bits per heavy atom. The summed E-state index contributed by atoms with van der Waals surface area (Å²) in [4.78, 5) is 26.5. The Labute approximate surface area is 169 Å². The average molecular weight is 399 g/mol. The summed E-state index contributed by atoms with van der Waals surface area (Å²) < 4.78 is 13.6. The maximum atomic E-state index is 12.7. The Balaban J connectivity index is 1.57. The molecule has 3 rings (SSSR count). The van der Waals surface area contributed by atoms with Gasteiger partial charge in [-0.2, -0.15) is 5.26 Å². The number of imidazole rings is 1. The maximum absolute atomic E-state index is 12.7. The third-order valence-corrected chi connectivity index (χ3v) is 5.02. The van der Waals surface area contributed by atoms with Gasteiger partial charge < -0.3 is 19.7 Å². The van der Waals surface area contributed by atoms with Crippen molar-refractivity contribution in [3.8, 4) is 23.3 Å². The average Bonchev–Trinajstić information content (AvgIpc) is 3.37. The molecular formula is C20H25N5O4. The predicted octanol–water partition coefficient (Wildman–Crippen LogP) is 0.760. The van der Waals surface area contributed by atoms with Crippen LogP contribution in [0.5, 0.6) is 11.5 Å². The first-order valence-electron chi connectivity index (χ1n) is 9.49. The van der Waals surface area contributed by atoms with E-state index in [-0.39, 0.29) is 24.2 Å². The molecule has 1 aromatic carbocycles. The standard InChI is InChI=1S/C20H25N5O4/c1-28-17-6-5-15(12-18(17)29-2)25-11-10-23(20(25)27)9-7-22-14-19(26)24-8-3-4-16(24)13-21/h5-6,10-12,16,22H,3-4,7-9,14H2,1-2H3. The van der Waals surface area contributed by atoms with Gasteiger partial charge in [-0.1, -0.05) is 0 Å². The molecule has 0 radical (unpaired) electrons. The van der Waals surface area contributed by atoms with Crippen LogP contribution in [0.25, 0.3) is 5.69 Å². The quantitative estimate of drug-likeness (QED) is 0.658. The van der Waals surface area contributed by atoms with Crippen LogP contribution in [0.3, 0.4) is 0 Å². The molecule has 9 nitrogen and oxygen atoms in total. The van der Waals surface area contributed by atoms with Crippen LogP contribution in [-0.2, 0) is 11.3 Å². The highest BCUT2D eigenvalue weighted by atomic mass is 16.5. The number of ether oxygens (including phenoxy) is 2. The number of nitriles is 1. The number of benzene rings is 1. The topological polar surface area (TPSA) is 102 Å². The number of carbonyl (C=O) groups excluding carboxylic acids is 1. The zero-order chi connectivity index (χ0) is 20.8. The number of hydrogen-bond acceptors (Lipinski definition) is 6. The summed E-state index contributed by atoms with van der Waals surface area (Å²) in [5.41, 5.74) is 0.487. The maximum Gasteiger partial charge on any atom is 0.332 e. The van der Waals surface area contributed by atoms with E-state index >= 15 is 0 Å². The van der Waals surface area contributed by atoms with Crippen LogP contribution in [0.1, 0.15) is 12.8 Å². The van der Waals surface area contributed by atoms with Crippen LogP contribution in [0.4, 0.5) is 0 Å². The molecule has 0 bridgehead atoms. The number of carbonyl (C=O) groups is 1. The van der Waals surface area contributed by atoms with E-state index in [0.717, 1.165) is 12.8 Å². The molecule has 2 aromatic rings. The fraction of sp³-hybridized carbons (Fsp3) is 0.450. The van der Waals surface area contributed by atoms with Crippen molar-refractivity contribution in [1.29, 1.82) is 5.26 Å². The zero-order valence-corrected chi connectivity index (χ0v) is 16.6. The van der Waals surface area contributed by atoms with Crippen LogP contribution >= 0.6 is 0 Å². The molecule has 1 aliphatic rings. The predicted molar refractivity (Wildman–Crippen MR) is 106 cm³/mol. The van der Waals surface area contributed by atoms with Crippen molar-refractivity contribution < 1.29 is 14.3 Å². The number of amides is 1. The van der Waals surface area contributed by atoms with Crippen molar-refractivity contribution >= 4 is 5.91 Å². The molecule has 1 unspecified atom stereocenters. The van der Waals surface area contributed by atoms with Gasteiger partial charge in [0.1, 0.15) is 6.04 Å². The Bertz CT molecular complexity index is 959. The smallest absolute Gasteiger partial charge is 0.332 e. The van der Waals surface area contributed by atoms with Crippen molar-refractivity contribution in [2.75, 3.05) is 33.9 Å². The van der Waals surface area contributed by atoms with Crippen molar-refractivity contribution in [2.45, 2.75) is 25.4 Å². The zero-order valence-electron chi connectivity index (χ0n) is 16.6. The van der Waals surface area contributed by atoms with Gasteiger partial charge in [-0.05, 0) is 25.0 Å². The van der Waals surface area contributed by atoms with Gasteiger partial charge in [-0.15, -0.1) is 0 Å². The van der Waals surface area contributed by atoms with Crippen LogP contribution in [0, 0.1) is 11.3 Å². The summed E-state index contributed by atoms with van der Waals surface area (Å²) in [5, 5.41) is 12.1. The number of nitrogens with zero attached hydrogens (tertiary/aromatic N) is 4. The van der Waals surface area contributed by atoms with E-state index in [9.17, 15) is 9.59 Å². The highest BCUT2D eigenvalue weighted by Gasteiger charge is 2.27. The van der Waals surface area contributed by atoms with Crippen molar-refractivity contribution in [1.82, 2.24) is 19.4 Å². The van der Waals surface area contributed by atoms with Gasteiger partial charge in [-0.3, -0.25) is 13.9 Å². The number of aromatic nitrogens is 2. The lowest BCUT2D eigenvalue weighted by Crippen LogP contribution is -2.41. The third-order valence-electron chi connectivity index (χ3n) is 5.02. The molecule has 0 aliphatic carbocycles. The minimum atomic E-state index is -0.317. The molecule has 1 aliphatic heterocycles. The minimum Gasteiger partial charge on any atom is -0.493 e. The van der Waals surface area contributed by atoms with Crippen LogP contribution < -0.4 is 20.5 Å². The van der Waals surface area contributed by atoms with Gasteiger partial charge in [0.15, 0.2) is 11.5 Å². The molecule has 0 spiro atoms. The molecule has 1 amide bonds. The molecular weight excluding hydrogens is 374 g/mol. The number of rotatable bonds is 8. The van der Waals surface area contributed by atoms with E-state index in [1.165, 1.54) is 4.57 Å². The molecule has 9 heteroatoms. The highest BCUT2D eigenvalue weighted by Crippen LogP contribution is 2.28. The van der Waals surface area contributed by atoms with E-state index in [1.807, 2.05) is 0 Å². The molecule has 1 atom stereocenters. The van der Waals surface area contributed by atoms with E-state index in [0.29, 0.717) is 36.8 Å². The van der Waals surface area contributed by atoms with Crippen molar-refractivity contribution in [3.05, 3.63) is 41.1 Å². The molecule has 1 fully saturated rings. The second kappa shape index (κ2) is 9.30. The van der Waals surface area contributed by atoms with E-state index in [4.69, 9.17) is 14.7 Å². The first-order chi connectivity index (χ1) is 14.1. The van der Waals surface area contributed by atoms with Gasteiger partial charge in [0, 0.05) is 38.1 Å². The molecule has 29 heavy (non-hydrogen) atoms.